The Morgan fingerprint density at radius 3 is 2.67 bits per heavy atom. The summed E-state index contributed by atoms with van der Waals surface area (Å²) in [6.07, 6.45) is 1.21. The first kappa shape index (κ1) is 18.8. The molecule has 6 nitrogen and oxygen atoms in total. The predicted molar refractivity (Wildman–Crippen MR) is 93.1 cm³/mol. The number of nitrogens with zero attached hydrogens (tertiary/aromatic N) is 1. The van der Waals surface area contributed by atoms with Gasteiger partial charge in [0.25, 0.3) is 5.91 Å². The maximum Gasteiger partial charge on any atom is 0.254 e. The molecule has 0 bridgehead atoms. The number of para-hydroxylation sites is 2. The quantitative estimate of drug-likeness (QED) is 0.885. The van der Waals surface area contributed by atoms with Crippen molar-refractivity contribution in [1.82, 2.24) is 10.2 Å². The van der Waals surface area contributed by atoms with Gasteiger partial charge < -0.3 is 24.4 Å². The normalized spacial score (nSPS) is 21.5. The van der Waals surface area contributed by atoms with Crippen LogP contribution < -0.4 is 14.8 Å². The molecular formula is C17H25ClN2O4. The van der Waals surface area contributed by atoms with E-state index in [2.05, 4.69) is 5.32 Å². The molecule has 1 aromatic carbocycles. The average molecular weight is 357 g/mol. The number of halogens is 1. The number of benzene rings is 1. The molecule has 1 atom stereocenters. The largest absolute Gasteiger partial charge is 0.486 e. The lowest BCUT2D eigenvalue weighted by Gasteiger charge is -2.39. The molecular weight excluding hydrogens is 332 g/mol. The van der Waals surface area contributed by atoms with E-state index in [0.717, 1.165) is 24.6 Å². The van der Waals surface area contributed by atoms with Crippen LogP contribution >= 0.6 is 12.4 Å². The number of likely N-dealkylation sites (N-methyl/N-ethyl adjacent to an activating group) is 1. The van der Waals surface area contributed by atoms with Crippen molar-refractivity contribution in [2.24, 2.45) is 0 Å². The van der Waals surface area contributed by atoms with E-state index < -0.39 is 5.60 Å². The van der Waals surface area contributed by atoms with Crippen molar-refractivity contribution in [2.75, 3.05) is 40.4 Å². The van der Waals surface area contributed by atoms with Gasteiger partial charge in [-0.05, 0) is 38.1 Å². The summed E-state index contributed by atoms with van der Waals surface area (Å²) >= 11 is 0. The zero-order chi connectivity index (χ0) is 16.3. The number of hydrogen-bond donors (Lipinski definition) is 1. The summed E-state index contributed by atoms with van der Waals surface area (Å²) in [6, 6.07) is 7.59. The van der Waals surface area contributed by atoms with Gasteiger partial charge in [0.2, 0.25) is 0 Å². The second-order valence-electron chi connectivity index (χ2n) is 6.13. The molecule has 1 amide bonds. The van der Waals surface area contributed by atoms with Gasteiger partial charge in [-0.15, -0.1) is 12.4 Å². The third kappa shape index (κ3) is 3.77. The van der Waals surface area contributed by atoms with Gasteiger partial charge in [0.1, 0.15) is 12.2 Å². The highest BCUT2D eigenvalue weighted by atomic mass is 35.5. The van der Waals surface area contributed by atoms with Crippen molar-refractivity contribution in [3.8, 4) is 11.5 Å². The molecule has 1 unspecified atom stereocenters. The summed E-state index contributed by atoms with van der Waals surface area (Å²) < 4.78 is 17.2. The zero-order valence-corrected chi connectivity index (χ0v) is 14.9. The fourth-order valence-electron chi connectivity index (χ4n) is 3.23. The van der Waals surface area contributed by atoms with Gasteiger partial charge in [-0.25, -0.2) is 0 Å². The van der Waals surface area contributed by atoms with Crippen LogP contribution in [0.2, 0.25) is 0 Å². The number of nitrogens with one attached hydrogen (secondary N) is 1. The molecule has 0 spiro atoms. The number of hydrogen-bond acceptors (Lipinski definition) is 5. The number of carbonyl (C=O) groups is 1. The van der Waals surface area contributed by atoms with E-state index in [1.54, 1.807) is 19.1 Å². The minimum atomic E-state index is -0.715. The summed E-state index contributed by atoms with van der Waals surface area (Å²) in [7, 11) is 3.42. The summed E-state index contributed by atoms with van der Waals surface area (Å²) in [6.45, 7) is 2.51. The highest BCUT2D eigenvalue weighted by molar-refractivity contribution is 5.85. The molecule has 1 fully saturated rings. The summed E-state index contributed by atoms with van der Waals surface area (Å²) in [5, 5.41) is 3.26. The molecule has 1 aromatic rings. The number of carbonyl (C=O) groups excluding carboxylic acids is 1. The lowest BCUT2D eigenvalue weighted by atomic mass is 9.90. The molecule has 0 radical (unpaired) electrons. The molecule has 2 aliphatic heterocycles. The molecule has 24 heavy (non-hydrogen) atoms. The van der Waals surface area contributed by atoms with Crippen molar-refractivity contribution >= 4 is 18.3 Å². The molecule has 2 aliphatic rings. The van der Waals surface area contributed by atoms with Crippen LogP contribution in [0.4, 0.5) is 0 Å². The predicted octanol–water partition coefficient (Wildman–Crippen LogP) is 1.48. The summed E-state index contributed by atoms with van der Waals surface area (Å²) in [5.41, 5.74) is -0.715. The molecule has 0 aliphatic carbocycles. The van der Waals surface area contributed by atoms with Crippen molar-refractivity contribution in [1.29, 1.82) is 0 Å². The topological polar surface area (TPSA) is 60.0 Å². The third-order valence-corrected chi connectivity index (χ3v) is 4.58. The fraction of sp³-hybridized carbons (Fsp3) is 0.588. The first-order valence-electron chi connectivity index (χ1n) is 8.04. The van der Waals surface area contributed by atoms with Crippen molar-refractivity contribution in [2.45, 2.75) is 24.5 Å². The van der Waals surface area contributed by atoms with Crippen LogP contribution in [0.25, 0.3) is 0 Å². The molecule has 7 heteroatoms. The number of amides is 1. The van der Waals surface area contributed by atoms with E-state index >= 15 is 0 Å². The van der Waals surface area contributed by atoms with Crippen LogP contribution in [0.1, 0.15) is 12.8 Å². The van der Waals surface area contributed by atoms with E-state index in [0.29, 0.717) is 26.0 Å². The van der Waals surface area contributed by atoms with Crippen LogP contribution in [0.5, 0.6) is 11.5 Å². The minimum Gasteiger partial charge on any atom is -0.486 e. The number of rotatable bonds is 4. The van der Waals surface area contributed by atoms with Crippen molar-refractivity contribution in [3.63, 3.8) is 0 Å². The summed E-state index contributed by atoms with van der Waals surface area (Å²) in [5.74, 6) is 1.50. The van der Waals surface area contributed by atoms with Gasteiger partial charge in [-0.1, -0.05) is 12.1 Å². The van der Waals surface area contributed by atoms with Gasteiger partial charge in [-0.2, -0.15) is 0 Å². The van der Waals surface area contributed by atoms with Crippen LogP contribution in [-0.4, -0.2) is 62.9 Å². The number of piperidine rings is 1. The lowest BCUT2D eigenvalue weighted by Crippen LogP contribution is -2.56. The molecule has 3 rings (SSSR count). The Hall–Kier alpha value is -1.50. The van der Waals surface area contributed by atoms with Crippen LogP contribution in [0, 0.1) is 0 Å². The van der Waals surface area contributed by atoms with E-state index in [1.807, 2.05) is 24.3 Å². The van der Waals surface area contributed by atoms with Crippen LogP contribution in [0.15, 0.2) is 24.3 Å². The number of fused-ring (bicyclic) bond motifs is 1. The average Bonchev–Trinajstić information content (AvgIpc) is 2.61. The minimum absolute atomic E-state index is 0. The molecule has 1 N–H and O–H groups in total. The van der Waals surface area contributed by atoms with E-state index in [-0.39, 0.29) is 24.4 Å². The standard InChI is InChI=1S/C17H24N2O4.ClH/c1-19(16(20)17(21-2)7-9-18-10-8-17)11-13-12-22-14-5-3-4-6-15(14)23-13;/h3-6,13,18H,7-12H2,1-2H3;1H. The Labute approximate surface area is 148 Å². The van der Waals surface area contributed by atoms with Crippen molar-refractivity contribution < 1.29 is 19.0 Å². The van der Waals surface area contributed by atoms with E-state index in [9.17, 15) is 4.79 Å². The Balaban J connectivity index is 0.00000208. The van der Waals surface area contributed by atoms with Crippen molar-refractivity contribution in [3.05, 3.63) is 24.3 Å². The number of ether oxygens (including phenoxy) is 3. The Kier molecular flexibility index (Phi) is 6.32. The lowest BCUT2D eigenvalue weighted by molar-refractivity contribution is -0.158. The smallest absolute Gasteiger partial charge is 0.254 e. The van der Waals surface area contributed by atoms with Crippen LogP contribution in [-0.2, 0) is 9.53 Å². The van der Waals surface area contributed by atoms with Gasteiger partial charge in [-0.3, -0.25) is 4.79 Å². The summed E-state index contributed by atoms with van der Waals surface area (Å²) in [4.78, 5) is 14.6. The van der Waals surface area contributed by atoms with Gasteiger partial charge in [0, 0.05) is 14.2 Å². The molecule has 0 saturated carbocycles. The second-order valence-corrected chi connectivity index (χ2v) is 6.13. The first-order valence-corrected chi connectivity index (χ1v) is 8.04. The van der Waals surface area contributed by atoms with E-state index in [4.69, 9.17) is 14.2 Å². The van der Waals surface area contributed by atoms with Gasteiger partial charge in [0.05, 0.1) is 6.54 Å². The molecule has 134 valence electrons. The fourth-order valence-corrected chi connectivity index (χ4v) is 3.23. The SMILES string of the molecule is COC1(C(=O)N(C)CC2COc3ccccc3O2)CCNCC1.Cl. The Morgan fingerprint density at radius 2 is 2.00 bits per heavy atom. The monoisotopic (exact) mass is 356 g/mol. The molecule has 0 aromatic heterocycles. The Bertz CT molecular complexity index is 563. The zero-order valence-electron chi connectivity index (χ0n) is 14.1. The van der Waals surface area contributed by atoms with Gasteiger partial charge >= 0.3 is 0 Å². The second kappa shape index (κ2) is 8.05. The van der Waals surface area contributed by atoms with E-state index in [1.165, 1.54) is 0 Å². The number of methoxy groups -OCH3 is 1. The first-order chi connectivity index (χ1) is 11.1. The third-order valence-electron chi connectivity index (χ3n) is 4.58. The Morgan fingerprint density at radius 1 is 1.33 bits per heavy atom. The molecule has 2 heterocycles. The van der Waals surface area contributed by atoms with Crippen LogP contribution in [0.3, 0.4) is 0 Å². The highest BCUT2D eigenvalue weighted by Crippen LogP contribution is 2.31. The van der Waals surface area contributed by atoms with Gasteiger partial charge in [0.15, 0.2) is 17.6 Å². The molecule has 1 saturated heterocycles. The maximum absolute atomic E-state index is 12.8. The maximum atomic E-state index is 12.8. The highest BCUT2D eigenvalue weighted by Gasteiger charge is 2.42.